The first-order chi connectivity index (χ1) is 17.8. The Hall–Kier alpha value is -4.14. The number of nitrogens with zero attached hydrogens (tertiary/aromatic N) is 3. The van der Waals surface area contributed by atoms with E-state index in [1.165, 1.54) is 0 Å². The Kier molecular flexibility index (Phi) is 6.45. The smallest absolute Gasteiger partial charge is 0.269 e. The summed E-state index contributed by atoms with van der Waals surface area (Å²) in [4.78, 5) is 25.7. The minimum absolute atomic E-state index is 0.152. The summed E-state index contributed by atoms with van der Waals surface area (Å²) < 4.78 is 14.0. The van der Waals surface area contributed by atoms with Gasteiger partial charge in [-0.3, -0.25) is 20.4 Å². The van der Waals surface area contributed by atoms with Crippen molar-refractivity contribution in [3.05, 3.63) is 71.2 Å². The van der Waals surface area contributed by atoms with Crippen LogP contribution < -0.4 is 15.6 Å². The molecule has 37 heavy (non-hydrogen) atoms. The molecule has 0 fully saturated rings. The first kappa shape index (κ1) is 24.5. The Labute approximate surface area is 215 Å². The van der Waals surface area contributed by atoms with Crippen LogP contribution in [0.5, 0.6) is 5.75 Å². The third kappa shape index (κ3) is 4.57. The number of fused-ring (bicyclic) bond motifs is 2. The molecule has 3 aromatic rings. The van der Waals surface area contributed by atoms with Gasteiger partial charge >= 0.3 is 0 Å². The fraction of sp³-hybridized carbons (Fsp3) is 0.357. The van der Waals surface area contributed by atoms with E-state index in [-0.39, 0.29) is 11.6 Å². The third-order valence-electron chi connectivity index (χ3n) is 7.14. The number of ether oxygens (including phenoxy) is 2. The lowest BCUT2D eigenvalue weighted by atomic mass is 9.82. The highest BCUT2D eigenvalue weighted by molar-refractivity contribution is 6.01. The van der Waals surface area contributed by atoms with Gasteiger partial charge in [-0.2, -0.15) is 0 Å². The zero-order valence-corrected chi connectivity index (χ0v) is 21.5. The molecule has 2 N–H and O–H groups in total. The van der Waals surface area contributed by atoms with Crippen molar-refractivity contribution < 1.29 is 19.1 Å². The lowest BCUT2D eigenvalue weighted by Crippen LogP contribution is -2.42. The highest BCUT2D eigenvalue weighted by atomic mass is 16.5. The van der Waals surface area contributed by atoms with Gasteiger partial charge in [-0.25, -0.2) is 4.68 Å². The molecular formula is C28H31N5O4. The van der Waals surface area contributed by atoms with E-state index in [4.69, 9.17) is 9.47 Å². The quantitative estimate of drug-likeness (QED) is 0.473. The number of hydrazine groups is 1. The molecule has 2 aliphatic rings. The van der Waals surface area contributed by atoms with Gasteiger partial charge in [-0.1, -0.05) is 19.1 Å². The predicted octanol–water partition coefficient (Wildman–Crippen LogP) is 5.07. The van der Waals surface area contributed by atoms with Crippen molar-refractivity contribution in [2.45, 2.75) is 65.0 Å². The number of hydrogen-bond acceptors (Lipinski definition) is 6. The molecule has 0 bridgehead atoms. The summed E-state index contributed by atoms with van der Waals surface area (Å²) in [6.07, 6.45) is 6.81. The van der Waals surface area contributed by atoms with Crippen LogP contribution in [-0.4, -0.2) is 32.4 Å². The number of benzene rings is 2. The summed E-state index contributed by atoms with van der Waals surface area (Å²) in [6, 6.07) is 10.6. The summed E-state index contributed by atoms with van der Waals surface area (Å²) >= 11 is 0. The lowest BCUT2D eigenvalue weighted by Gasteiger charge is -2.39. The number of nitrogens with one attached hydrogen (secondary N) is 2. The Morgan fingerprint density at radius 1 is 1.05 bits per heavy atom. The van der Waals surface area contributed by atoms with E-state index in [0.29, 0.717) is 29.5 Å². The molecule has 2 aromatic carbocycles. The zero-order valence-electron chi connectivity index (χ0n) is 21.5. The maximum atomic E-state index is 13.0. The highest BCUT2D eigenvalue weighted by Gasteiger charge is 2.37. The van der Waals surface area contributed by atoms with Gasteiger partial charge in [0.1, 0.15) is 22.6 Å². The van der Waals surface area contributed by atoms with Crippen molar-refractivity contribution in [2.24, 2.45) is 0 Å². The van der Waals surface area contributed by atoms with Crippen LogP contribution in [0.15, 0.2) is 54.5 Å². The van der Waals surface area contributed by atoms with E-state index < -0.39 is 11.8 Å². The molecule has 0 radical (unpaired) electrons. The second-order valence-electron chi connectivity index (χ2n) is 9.71. The molecule has 0 saturated heterocycles. The van der Waals surface area contributed by atoms with Gasteiger partial charge in [0.25, 0.3) is 11.8 Å². The molecule has 0 aliphatic carbocycles. The van der Waals surface area contributed by atoms with Gasteiger partial charge < -0.3 is 9.47 Å². The lowest BCUT2D eigenvalue weighted by molar-refractivity contribution is 0.0578. The Morgan fingerprint density at radius 2 is 1.76 bits per heavy atom. The fourth-order valence-corrected chi connectivity index (χ4v) is 4.83. The minimum Gasteiger partial charge on any atom is -0.486 e. The minimum atomic E-state index is -0.445. The van der Waals surface area contributed by atoms with Gasteiger partial charge in [-0.15, -0.1) is 5.10 Å². The van der Waals surface area contributed by atoms with Crippen LogP contribution in [0, 0.1) is 0 Å². The molecule has 0 atom stereocenters. The number of allylic oxidation sites excluding steroid dienone is 1. The van der Waals surface area contributed by atoms with Gasteiger partial charge in [-0.05, 0) is 69.2 Å². The molecule has 5 rings (SSSR count). The van der Waals surface area contributed by atoms with Crippen molar-refractivity contribution in [1.82, 2.24) is 25.8 Å². The molecule has 9 nitrogen and oxygen atoms in total. The van der Waals surface area contributed by atoms with Gasteiger partial charge in [0, 0.05) is 41.1 Å². The highest BCUT2D eigenvalue weighted by Crippen LogP contribution is 2.46. The molecule has 0 spiro atoms. The van der Waals surface area contributed by atoms with E-state index in [2.05, 4.69) is 35.0 Å². The molecule has 1 aromatic heterocycles. The van der Waals surface area contributed by atoms with E-state index in [1.807, 2.05) is 26.0 Å². The summed E-state index contributed by atoms with van der Waals surface area (Å²) in [5.41, 5.74) is 8.84. The predicted molar refractivity (Wildman–Crippen MR) is 140 cm³/mol. The number of hydrogen-bond donors (Lipinski definition) is 2. The molecule has 2 amide bonds. The topological polar surface area (TPSA) is 107 Å². The molecule has 0 saturated carbocycles. The first-order valence-electron chi connectivity index (χ1n) is 12.7. The number of aromatic nitrogens is 3. The monoisotopic (exact) mass is 501 g/mol. The number of rotatable bonds is 5. The van der Waals surface area contributed by atoms with E-state index in [1.54, 1.807) is 41.3 Å². The molecule has 9 heteroatoms. The van der Waals surface area contributed by atoms with Crippen LogP contribution in [0.4, 0.5) is 0 Å². The van der Waals surface area contributed by atoms with Crippen LogP contribution >= 0.6 is 0 Å². The van der Waals surface area contributed by atoms with E-state index in [0.717, 1.165) is 41.0 Å². The van der Waals surface area contributed by atoms with Crippen molar-refractivity contribution in [3.63, 3.8) is 0 Å². The van der Waals surface area contributed by atoms with Gasteiger partial charge in [0.2, 0.25) is 0 Å². The molecular weight excluding hydrogens is 470 g/mol. The average molecular weight is 502 g/mol. The van der Waals surface area contributed by atoms with Crippen molar-refractivity contribution in [2.75, 3.05) is 0 Å². The van der Waals surface area contributed by atoms with Crippen LogP contribution in [0.3, 0.4) is 0 Å². The number of carbonyl (C=O) groups excluding carboxylic acids is 2. The van der Waals surface area contributed by atoms with E-state index in [9.17, 15) is 9.59 Å². The van der Waals surface area contributed by atoms with Gasteiger partial charge in [0.05, 0.1) is 11.8 Å². The largest absolute Gasteiger partial charge is 0.486 e. The van der Waals surface area contributed by atoms with Crippen LogP contribution in [0.1, 0.15) is 85.7 Å². The number of carbonyl (C=O) groups is 2. The van der Waals surface area contributed by atoms with Crippen LogP contribution in [0.2, 0.25) is 0 Å². The average Bonchev–Trinajstić information content (AvgIpc) is 3.60. The van der Waals surface area contributed by atoms with Crippen LogP contribution in [0.25, 0.3) is 16.6 Å². The van der Waals surface area contributed by atoms with Crippen molar-refractivity contribution in [1.29, 1.82) is 0 Å². The Balaban J connectivity index is 1.34. The molecule has 192 valence electrons. The van der Waals surface area contributed by atoms with Crippen molar-refractivity contribution >= 4 is 28.4 Å². The summed E-state index contributed by atoms with van der Waals surface area (Å²) in [5.74, 6) is 0.739. The second kappa shape index (κ2) is 9.72. The Bertz CT molecular complexity index is 1420. The summed E-state index contributed by atoms with van der Waals surface area (Å²) in [7, 11) is 0. The SMILES string of the molecule is CCC1(CC)CC(=C2CC=CO2)c2cc(C(=O)NNC(=O)c3ccc4c(c3)nnn4C(C)C)ccc2O1. The third-order valence-corrected chi connectivity index (χ3v) is 7.14. The first-order valence-corrected chi connectivity index (χ1v) is 12.7. The maximum Gasteiger partial charge on any atom is 0.269 e. The maximum absolute atomic E-state index is 13.0. The van der Waals surface area contributed by atoms with E-state index >= 15 is 0 Å². The second-order valence-corrected chi connectivity index (χ2v) is 9.71. The molecule has 2 aliphatic heterocycles. The van der Waals surface area contributed by atoms with Gasteiger partial charge in [0.15, 0.2) is 0 Å². The fourth-order valence-electron chi connectivity index (χ4n) is 4.83. The molecule has 3 heterocycles. The zero-order chi connectivity index (χ0) is 26.2. The Morgan fingerprint density at radius 3 is 2.41 bits per heavy atom. The van der Waals surface area contributed by atoms with Crippen molar-refractivity contribution in [3.8, 4) is 5.75 Å². The normalized spacial score (nSPS) is 17.9. The number of amides is 2. The summed E-state index contributed by atoms with van der Waals surface area (Å²) in [6.45, 7) is 8.27. The standard InChI is InChI=1S/C28H31N5O4/c1-5-28(6-2)16-21(24-8-7-13-36-24)20-14-18(10-12-25(20)37-28)26(34)30-31-27(35)19-9-11-23-22(15-19)29-32-33(23)17(3)4/h7,9-15,17H,5-6,8,16H2,1-4H3,(H,30,34)(H,31,35). The molecule has 0 unspecified atom stereocenters. The summed E-state index contributed by atoms with van der Waals surface area (Å²) in [5, 5.41) is 8.28. The van der Waals surface area contributed by atoms with Crippen LogP contribution in [-0.2, 0) is 4.74 Å².